The molecule has 3 aromatic rings. The second-order valence-corrected chi connectivity index (χ2v) is 11.4. The monoisotopic (exact) mass is 550 g/mol. The van der Waals surface area contributed by atoms with Crippen LogP contribution in [-0.4, -0.2) is 74.4 Å². The highest BCUT2D eigenvalue weighted by molar-refractivity contribution is 7.98. The first-order chi connectivity index (χ1) is 18.4. The van der Waals surface area contributed by atoms with Gasteiger partial charge in [-0.2, -0.15) is 11.8 Å². The standard InChI is InChI=1S/C28H30N4O4S2/c1-17-25(38-16-30-17)19-9-7-18(8-10-19)12-29-26(34)23-11-21(33)14-32(23)28(36)24(15-37-2)31-13-20-5-3-4-6-22(20)27(31)35/h3-10,16,21,23-24,33H,11-15H2,1-2H3,(H,29,34)/t21-,23+,24+/m1/s1. The van der Waals surface area contributed by atoms with E-state index >= 15 is 0 Å². The van der Waals surface area contributed by atoms with Crippen molar-refractivity contribution in [3.05, 3.63) is 76.4 Å². The zero-order valence-electron chi connectivity index (χ0n) is 21.3. The lowest BCUT2D eigenvalue weighted by molar-refractivity contribution is -0.141. The third kappa shape index (κ3) is 5.21. The number of aromatic nitrogens is 1. The van der Waals surface area contributed by atoms with Gasteiger partial charge in [0.25, 0.3) is 5.91 Å². The second kappa shape index (κ2) is 11.3. The summed E-state index contributed by atoms with van der Waals surface area (Å²) in [6.07, 6.45) is 1.26. The Labute approximate surface area is 230 Å². The van der Waals surface area contributed by atoms with E-state index in [2.05, 4.69) is 10.3 Å². The number of carbonyl (C=O) groups is 3. The van der Waals surface area contributed by atoms with E-state index in [0.29, 0.717) is 24.4 Å². The van der Waals surface area contributed by atoms with Crippen LogP contribution >= 0.6 is 23.1 Å². The van der Waals surface area contributed by atoms with Gasteiger partial charge in [-0.3, -0.25) is 14.4 Å². The Morgan fingerprint density at radius 3 is 2.66 bits per heavy atom. The van der Waals surface area contributed by atoms with E-state index in [1.165, 1.54) is 16.7 Å². The third-order valence-electron chi connectivity index (χ3n) is 7.13. The first kappa shape index (κ1) is 26.4. The maximum atomic E-state index is 13.8. The molecule has 0 unspecified atom stereocenters. The van der Waals surface area contributed by atoms with Crippen molar-refractivity contribution in [2.24, 2.45) is 0 Å². The van der Waals surface area contributed by atoms with Crippen LogP contribution < -0.4 is 5.32 Å². The number of thiazole rings is 1. The summed E-state index contributed by atoms with van der Waals surface area (Å²) in [5.74, 6) is -0.381. The number of rotatable bonds is 8. The van der Waals surface area contributed by atoms with Gasteiger partial charge in [-0.25, -0.2) is 4.98 Å². The summed E-state index contributed by atoms with van der Waals surface area (Å²) in [5.41, 5.74) is 6.32. The van der Waals surface area contributed by atoms with Gasteiger partial charge in [0.1, 0.15) is 12.1 Å². The van der Waals surface area contributed by atoms with Gasteiger partial charge >= 0.3 is 0 Å². The first-order valence-corrected chi connectivity index (χ1v) is 14.8. The van der Waals surface area contributed by atoms with Crippen LogP contribution in [0, 0.1) is 6.92 Å². The van der Waals surface area contributed by atoms with Gasteiger partial charge < -0.3 is 20.2 Å². The number of aliphatic hydroxyl groups excluding tert-OH is 1. The van der Waals surface area contributed by atoms with Crippen LogP contribution in [0.5, 0.6) is 0 Å². The van der Waals surface area contributed by atoms with Gasteiger partial charge in [0, 0.05) is 37.4 Å². The molecule has 198 valence electrons. The van der Waals surface area contributed by atoms with Crippen molar-refractivity contribution in [1.29, 1.82) is 0 Å². The molecule has 0 radical (unpaired) electrons. The van der Waals surface area contributed by atoms with E-state index in [1.807, 2.05) is 61.2 Å². The molecule has 2 aromatic carbocycles. The minimum Gasteiger partial charge on any atom is -0.391 e. The Bertz CT molecular complexity index is 1340. The molecule has 3 amide bonds. The van der Waals surface area contributed by atoms with E-state index in [0.717, 1.165) is 27.3 Å². The van der Waals surface area contributed by atoms with Crippen LogP contribution in [0.2, 0.25) is 0 Å². The van der Waals surface area contributed by atoms with Crippen molar-refractivity contribution in [1.82, 2.24) is 20.1 Å². The number of carbonyl (C=O) groups excluding carboxylic acids is 3. The Morgan fingerprint density at radius 2 is 1.97 bits per heavy atom. The van der Waals surface area contributed by atoms with Crippen LogP contribution in [0.3, 0.4) is 0 Å². The lowest BCUT2D eigenvalue weighted by atomic mass is 10.1. The largest absolute Gasteiger partial charge is 0.391 e. The number of fused-ring (bicyclic) bond motifs is 1. The molecule has 10 heteroatoms. The summed E-state index contributed by atoms with van der Waals surface area (Å²) in [7, 11) is 0. The van der Waals surface area contributed by atoms with Crippen molar-refractivity contribution in [2.45, 2.75) is 44.6 Å². The number of hydrogen-bond acceptors (Lipinski definition) is 7. The topological polar surface area (TPSA) is 103 Å². The number of hydrogen-bond donors (Lipinski definition) is 2. The number of thioether (sulfide) groups is 1. The SMILES string of the molecule is CSC[C@@H](C(=O)N1C[C@H](O)C[C@H]1C(=O)NCc1ccc(-c2scnc2C)cc1)N1Cc2ccccc2C1=O. The Hall–Kier alpha value is -3.21. The van der Waals surface area contributed by atoms with Gasteiger partial charge in [0.2, 0.25) is 11.8 Å². The molecule has 0 aliphatic carbocycles. The van der Waals surface area contributed by atoms with Gasteiger partial charge in [-0.1, -0.05) is 42.5 Å². The van der Waals surface area contributed by atoms with Crippen molar-refractivity contribution in [3.63, 3.8) is 0 Å². The Kier molecular flexibility index (Phi) is 7.83. The number of likely N-dealkylation sites (tertiary alicyclic amines) is 1. The predicted octanol–water partition coefficient (Wildman–Crippen LogP) is 3.08. The van der Waals surface area contributed by atoms with Gasteiger partial charge in [0.05, 0.1) is 22.2 Å². The fourth-order valence-electron chi connectivity index (χ4n) is 5.14. The van der Waals surface area contributed by atoms with Gasteiger partial charge in [0.15, 0.2) is 0 Å². The number of aryl methyl sites for hydroxylation is 1. The lowest BCUT2D eigenvalue weighted by Crippen LogP contribution is -2.54. The van der Waals surface area contributed by atoms with Crippen molar-refractivity contribution < 1.29 is 19.5 Å². The molecule has 8 nitrogen and oxygen atoms in total. The van der Waals surface area contributed by atoms with Crippen LogP contribution in [0.4, 0.5) is 0 Å². The highest BCUT2D eigenvalue weighted by Crippen LogP contribution is 2.29. The summed E-state index contributed by atoms with van der Waals surface area (Å²) >= 11 is 3.07. The summed E-state index contributed by atoms with van der Waals surface area (Å²) in [6.45, 7) is 2.71. The number of nitrogens with one attached hydrogen (secondary N) is 1. The average Bonchev–Trinajstić information content (AvgIpc) is 3.63. The molecule has 3 atom stereocenters. The van der Waals surface area contributed by atoms with Crippen LogP contribution in [0.1, 0.15) is 33.6 Å². The Morgan fingerprint density at radius 1 is 1.21 bits per heavy atom. The smallest absolute Gasteiger partial charge is 0.255 e. The maximum Gasteiger partial charge on any atom is 0.255 e. The summed E-state index contributed by atoms with van der Waals surface area (Å²) in [5, 5.41) is 13.3. The molecule has 0 saturated carbocycles. The molecule has 0 spiro atoms. The van der Waals surface area contributed by atoms with E-state index in [-0.39, 0.29) is 30.7 Å². The molecule has 1 saturated heterocycles. The molecule has 3 heterocycles. The number of aliphatic hydroxyl groups is 1. The van der Waals surface area contributed by atoms with Crippen LogP contribution in [-0.2, 0) is 22.7 Å². The predicted molar refractivity (Wildman–Crippen MR) is 149 cm³/mol. The number of benzene rings is 2. The number of nitrogens with zero attached hydrogens (tertiary/aromatic N) is 3. The first-order valence-electron chi connectivity index (χ1n) is 12.5. The molecule has 2 aliphatic rings. The zero-order valence-corrected chi connectivity index (χ0v) is 22.9. The molecular weight excluding hydrogens is 520 g/mol. The van der Waals surface area contributed by atoms with E-state index < -0.39 is 18.2 Å². The normalized spacial score (nSPS) is 19.5. The molecule has 2 N–H and O–H groups in total. The molecule has 2 aliphatic heterocycles. The fourth-order valence-corrected chi connectivity index (χ4v) is 6.59. The highest BCUT2D eigenvalue weighted by Gasteiger charge is 2.44. The van der Waals surface area contributed by atoms with Crippen LogP contribution in [0.15, 0.2) is 54.0 Å². The molecule has 38 heavy (non-hydrogen) atoms. The number of amides is 3. The molecule has 1 fully saturated rings. The van der Waals surface area contributed by atoms with Crippen molar-refractivity contribution in [2.75, 3.05) is 18.6 Å². The summed E-state index contributed by atoms with van der Waals surface area (Å²) in [6, 6.07) is 13.8. The van der Waals surface area contributed by atoms with Crippen molar-refractivity contribution >= 4 is 40.8 Å². The Balaban J connectivity index is 1.26. The quantitative estimate of drug-likeness (QED) is 0.447. The fraction of sp³-hybridized carbons (Fsp3) is 0.357. The zero-order chi connectivity index (χ0) is 26.8. The van der Waals surface area contributed by atoms with Gasteiger partial charge in [-0.15, -0.1) is 11.3 Å². The second-order valence-electron chi connectivity index (χ2n) is 9.64. The molecule has 5 rings (SSSR count). The van der Waals surface area contributed by atoms with E-state index in [4.69, 9.17) is 0 Å². The number of β-amino-alcohol motifs (C(OH)–C–C–N with tert-alkyl or cyclic N) is 1. The molecule has 1 aromatic heterocycles. The third-order valence-corrected chi connectivity index (χ3v) is 8.75. The van der Waals surface area contributed by atoms with Gasteiger partial charge in [-0.05, 0) is 35.9 Å². The maximum absolute atomic E-state index is 13.8. The van der Waals surface area contributed by atoms with Crippen molar-refractivity contribution in [3.8, 4) is 10.4 Å². The molecule has 0 bridgehead atoms. The average molecular weight is 551 g/mol. The van der Waals surface area contributed by atoms with E-state index in [1.54, 1.807) is 22.3 Å². The minimum absolute atomic E-state index is 0.0691. The highest BCUT2D eigenvalue weighted by atomic mass is 32.2. The lowest BCUT2D eigenvalue weighted by Gasteiger charge is -2.32. The minimum atomic E-state index is -0.793. The van der Waals surface area contributed by atoms with E-state index in [9.17, 15) is 19.5 Å². The summed E-state index contributed by atoms with van der Waals surface area (Å²) < 4.78 is 0. The van der Waals surface area contributed by atoms with Crippen LogP contribution in [0.25, 0.3) is 10.4 Å². The molecular formula is C28H30N4O4S2. The summed E-state index contributed by atoms with van der Waals surface area (Å²) in [4.78, 5) is 48.5.